The third-order valence-corrected chi connectivity index (χ3v) is 2.03. The van der Waals surface area contributed by atoms with E-state index in [1.165, 1.54) is 6.20 Å². The van der Waals surface area contributed by atoms with Crippen LogP contribution in [0.2, 0.25) is 0 Å². The normalized spacial score (nSPS) is 10.5. The van der Waals surface area contributed by atoms with E-state index in [1.807, 2.05) is 0 Å². The maximum atomic E-state index is 11.6. The standard InChI is InChI=1S/C12H19N3O2/c1-9(2)8-17-6-5-14-12(16)10-3-4-11(13)15-7-10/h3-4,7,9H,5-6,8H2,1-2H3,(H2,13,15)(H,14,16). The van der Waals surface area contributed by atoms with Gasteiger partial charge in [0.1, 0.15) is 5.82 Å². The molecule has 1 rings (SSSR count). The molecular formula is C12H19N3O2. The van der Waals surface area contributed by atoms with Gasteiger partial charge in [-0.15, -0.1) is 0 Å². The maximum Gasteiger partial charge on any atom is 0.252 e. The molecule has 0 aliphatic rings. The van der Waals surface area contributed by atoms with E-state index in [0.29, 0.717) is 37.1 Å². The first-order chi connectivity index (χ1) is 8.09. The van der Waals surface area contributed by atoms with E-state index < -0.39 is 0 Å². The Hall–Kier alpha value is -1.62. The molecule has 1 heterocycles. The molecule has 0 atom stereocenters. The zero-order chi connectivity index (χ0) is 12.7. The highest BCUT2D eigenvalue weighted by molar-refractivity contribution is 5.93. The van der Waals surface area contributed by atoms with Crippen molar-refractivity contribution in [1.82, 2.24) is 10.3 Å². The zero-order valence-electron chi connectivity index (χ0n) is 10.3. The second kappa shape index (κ2) is 6.85. The third-order valence-electron chi connectivity index (χ3n) is 2.03. The SMILES string of the molecule is CC(C)COCCNC(=O)c1ccc(N)nc1. The highest BCUT2D eigenvalue weighted by Gasteiger charge is 2.04. The summed E-state index contributed by atoms with van der Waals surface area (Å²) in [6, 6.07) is 3.25. The van der Waals surface area contributed by atoms with Gasteiger partial charge in [-0.05, 0) is 18.1 Å². The van der Waals surface area contributed by atoms with Crippen LogP contribution >= 0.6 is 0 Å². The van der Waals surface area contributed by atoms with Crippen LogP contribution < -0.4 is 11.1 Å². The number of nitrogens with two attached hydrogens (primary N) is 1. The molecule has 1 aromatic heterocycles. The van der Waals surface area contributed by atoms with Gasteiger partial charge in [-0.1, -0.05) is 13.8 Å². The molecule has 0 saturated heterocycles. The predicted octanol–water partition coefficient (Wildman–Crippen LogP) is 1.07. The first-order valence-corrected chi connectivity index (χ1v) is 5.67. The number of amides is 1. The van der Waals surface area contributed by atoms with Crippen molar-refractivity contribution in [2.45, 2.75) is 13.8 Å². The number of hydrogen-bond acceptors (Lipinski definition) is 4. The Balaban J connectivity index is 2.23. The smallest absolute Gasteiger partial charge is 0.252 e. The van der Waals surface area contributed by atoms with Gasteiger partial charge >= 0.3 is 0 Å². The van der Waals surface area contributed by atoms with Gasteiger partial charge in [0.05, 0.1) is 12.2 Å². The summed E-state index contributed by atoms with van der Waals surface area (Å²) in [6.45, 7) is 5.89. The molecule has 1 aromatic rings. The fourth-order valence-electron chi connectivity index (χ4n) is 1.20. The highest BCUT2D eigenvalue weighted by Crippen LogP contribution is 2.00. The largest absolute Gasteiger partial charge is 0.384 e. The van der Waals surface area contributed by atoms with Crippen molar-refractivity contribution < 1.29 is 9.53 Å². The number of anilines is 1. The molecule has 3 N–H and O–H groups in total. The fourth-order valence-corrected chi connectivity index (χ4v) is 1.20. The summed E-state index contributed by atoms with van der Waals surface area (Å²) in [5, 5.41) is 2.75. The van der Waals surface area contributed by atoms with Crippen LogP contribution in [0.4, 0.5) is 5.82 Å². The van der Waals surface area contributed by atoms with Gasteiger partial charge in [-0.3, -0.25) is 4.79 Å². The Morgan fingerprint density at radius 3 is 2.88 bits per heavy atom. The lowest BCUT2D eigenvalue weighted by Crippen LogP contribution is -2.27. The van der Waals surface area contributed by atoms with E-state index in [9.17, 15) is 4.79 Å². The number of aromatic nitrogens is 1. The second-order valence-electron chi connectivity index (χ2n) is 4.20. The molecular weight excluding hydrogens is 218 g/mol. The lowest BCUT2D eigenvalue weighted by molar-refractivity contribution is 0.0886. The molecule has 0 unspecified atom stereocenters. The molecule has 0 spiro atoms. The van der Waals surface area contributed by atoms with E-state index in [4.69, 9.17) is 10.5 Å². The van der Waals surface area contributed by atoms with Crippen molar-refractivity contribution in [3.05, 3.63) is 23.9 Å². The number of nitrogen functional groups attached to an aromatic ring is 1. The van der Waals surface area contributed by atoms with Crippen LogP contribution in [0.15, 0.2) is 18.3 Å². The minimum atomic E-state index is -0.161. The molecule has 0 aliphatic carbocycles. The molecule has 5 heteroatoms. The molecule has 0 radical (unpaired) electrons. The average molecular weight is 237 g/mol. The lowest BCUT2D eigenvalue weighted by Gasteiger charge is -2.08. The lowest BCUT2D eigenvalue weighted by atomic mass is 10.2. The van der Waals surface area contributed by atoms with Crippen LogP contribution in [0, 0.1) is 5.92 Å². The number of nitrogens with zero attached hydrogens (tertiary/aromatic N) is 1. The summed E-state index contributed by atoms with van der Waals surface area (Å²) >= 11 is 0. The molecule has 0 aliphatic heterocycles. The number of rotatable bonds is 6. The summed E-state index contributed by atoms with van der Waals surface area (Å²) in [4.78, 5) is 15.5. The van der Waals surface area contributed by atoms with Gasteiger partial charge in [0, 0.05) is 19.3 Å². The molecule has 0 bridgehead atoms. The van der Waals surface area contributed by atoms with Crippen LogP contribution in [0.25, 0.3) is 0 Å². The minimum absolute atomic E-state index is 0.161. The highest BCUT2D eigenvalue weighted by atomic mass is 16.5. The van der Waals surface area contributed by atoms with E-state index in [1.54, 1.807) is 12.1 Å². The van der Waals surface area contributed by atoms with Crippen molar-refractivity contribution in [1.29, 1.82) is 0 Å². The van der Waals surface area contributed by atoms with Gasteiger partial charge < -0.3 is 15.8 Å². The molecule has 0 saturated carbocycles. The molecule has 1 amide bonds. The van der Waals surface area contributed by atoms with Crippen LogP contribution in [0.1, 0.15) is 24.2 Å². The Morgan fingerprint density at radius 1 is 1.53 bits per heavy atom. The summed E-state index contributed by atoms with van der Waals surface area (Å²) in [6.07, 6.45) is 1.46. The summed E-state index contributed by atoms with van der Waals surface area (Å²) in [5.74, 6) is 0.750. The van der Waals surface area contributed by atoms with E-state index in [2.05, 4.69) is 24.1 Å². The maximum absolute atomic E-state index is 11.6. The number of carbonyl (C=O) groups is 1. The van der Waals surface area contributed by atoms with Crippen LogP contribution in [0.5, 0.6) is 0 Å². The van der Waals surface area contributed by atoms with E-state index in [0.717, 1.165) is 0 Å². The van der Waals surface area contributed by atoms with Gasteiger partial charge in [-0.2, -0.15) is 0 Å². The van der Waals surface area contributed by atoms with Crippen molar-refractivity contribution >= 4 is 11.7 Å². The van der Waals surface area contributed by atoms with E-state index in [-0.39, 0.29) is 5.91 Å². The van der Waals surface area contributed by atoms with Gasteiger partial charge in [-0.25, -0.2) is 4.98 Å². The Morgan fingerprint density at radius 2 is 2.29 bits per heavy atom. The second-order valence-corrected chi connectivity index (χ2v) is 4.20. The number of carbonyl (C=O) groups excluding carboxylic acids is 1. The zero-order valence-corrected chi connectivity index (χ0v) is 10.3. The van der Waals surface area contributed by atoms with Gasteiger partial charge in [0.15, 0.2) is 0 Å². The Labute approximate surface area is 101 Å². The Kier molecular flexibility index (Phi) is 5.42. The van der Waals surface area contributed by atoms with Gasteiger partial charge in [0.2, 0.25) is 0 Å². The minimum Gasteiger partial charge on any atom is -0.384 e. The van der Waals surface area contributed by atoms with Crippen LogP contribution in [-0.2, 0) is 4.74 Å². The molecule has 5 nitrogen and oxygen atoms in total. The third kappa shape index (κ3) is 5.31. The van der Waals surface area contributed by atoms with Crippen molar-refractivity contribution in [2.24, 2.45) is 5.92 Å². The van der Waals surface area contributed by atoms with Crippen LogP contribution in [-0.4, -0.2) is 30.6 Å². The first kappa shape index (κ1) is 13.4. The molecule has 0 aromatic carbocycles. The topological polar surface area (TPSA) is 77.2 Å². The van der Waals surface area contributed by atoms with Gasteiger partial charge in [0.25, 0.3) is 5.91 Å². The van der Waals surface area contributed by atoms with E-state index >= 15 is 0 Å². The number of nitrogens with one attached hydrogen (secondary N) is 1. The fraction of sp³-hybridized carbons (Fsp3) is 0.500. The molecule has 94 valence electrons. The van der Waals surface area contributed by atoms with Crippen molar-refractivity contribution in [2.75, 3.05) is 25.5 Å². The summed E-state index contributed by atoms with van der Waals surface area (Å²) < 4.78 is 5.35. The molecule has 17 heavy (non-hydrogen) atoms. The summed E-state index contributed by atoms with van der Waals surface area (Å²) in [5.41, 5.74) is 5.93. The molecule has 0 fully saturated rings. The summed E-state index contributed by atoms with van der Waals surface area (Å²) in [7, 11) is 0. The number of pyridine rings is 1. The van der Waals surface area contributed by atoms with Crippen molar-refractivity contribution in [3.8, 4) is 0 Å². The van der Waals surface area contributed by atoms with Crippen molar-refractivity contribution in [3.63, 3.8) is 0 Å². The Bertz CT molecular complexity index is 349. The first-order valence-electron chi connectivity index (χ1n) is 5.67. The monoisotopic (exact) mass is 237 g/mol. The quantitative estimate of drug-likeness (QED) is 0.725. The average Bonchev–Trinajstić information content (AvgIpc) is 2.29. The number of ether oxygens (including phenoxy) is 1. The van der Waals surface area contributed by atoms with Crippen LogP contribution in [0.3, 0.4) is 0 Å². The predicted molar refractivity (Wildman–Crippen MR) is 66.6 cm³/mol. The number of hydrogen-bond donors (Lipinski definition) is 2.